The molecule has 1 aromatic rings. The van der Waals surface area contributed by atoms with Crippen LogP contribution in [-0.4, -0.2) is 33.4 Å². The van der Waals surface area contributed by atoms with Gasteiger partial charge >= 0.3 is 0 Å². The summed E-state index contributed by atoms with van der Waals surface area (Å²) >= 11 is 0. The lowest BCUT2D eigenvalue weighted by Crippen LogP contribution is -2.41. The first-order valence-corrected chi connectivity index (χ1v) is 8.62. The maximum absolute atomic E-state index is 12.6. The molecular formula is C18H27N3O. The molecule has 0 bridgehead atoms. The van der Waals surface area contributed by atoms with Gasteiger partial charge in [-0.1, -0.05) is 26.0 Å². The minimum absolute atomic E-state index is 0.326. The average Bonchev–Trinajstić information content (AvgIpc) is 3.18. The van der Waals surface area contributed by atoms with Crippen LogP contribution in [0.2, 0.25) is 0 Å². The molecule has 1 fully saturated rings. The zero-order valence-corrected chi connectivity index (χ0v) is 13.7. The number of piperidine rings is 1. The topological polar surface area (TPSA) is 38.1 Å². The predicted octanol–water partition coefficient (Wildman–Crippen LogP) is 3.53. The number of hydrogen-bond acceptors (Lipinski definition) is 2. The number of nitrogens with zero attached hydrogens (tertiary/aromatic N) is 3. The Balaban J connectivity index is 1.64. The molecule has 0 spiro atoms. The van der Waals surface area contributed by atoms with Crippen LogP contribution in [0.25, 0.3) is 0 Å². The molecule has 0 radical (unpaired) electrons. The summed E-state index contributed by atoms with van der Waals surface area (Å²) < 4.78 is 2.29. The largest absolute Gasteiger partial charge is 0.341 e. The third-order valence-electron chi connectivity index (χ3n) is 4.91. The van der Waals surface area contributed by atoms with Crippen LogP contribution in [0.4, 0.5) is 0 Å². The highest BCUT2D eigenvalue weighted by Gasteiger charge is 2.27. The first-order chi connectivity index (χ1) is 10.6. The van der Waals surface area contributed by atoms with Crippen molar-refractivity contribution in [1.82, 2.24) is 14.5 Å². The molecule has 0 aromatic carbocycles. The Morgan fingerprint density at radius 3 is 3.00 bits per heavy atom. The van der Waals surface area contributed by atoms with Gasteiger partial charge in [-0.15, -0.1) is 0 Å². The fourth-order valence-electron chi connectivity index (χ4n) is 3.71. The summed E-state index contributed by atoms with van der Waals surface area (Å²) in [6, 6.07) is 0.386. The van der Waals surface area contributed by atoms with Crippen molar-refractivity contribution >= 4 is 5.91 Å². The first-order valence-electron chi connectivity index (χ1n) is 8.62. The Bertz CT molecular complexity index is 546. The summed E-state index contributed by atoms with van der Waals surface area (Å²) in [5.41, 5.74) is 0. The van der Waals surface area contributed by atoms with Crippen molar-refractivity contribution in [3.63, 3.8) is 0 Å². The third kappa shape index (κ3) is 3.26. The quantitative estimate of drug-likeness (QED) is 0.798. The van der Waals surface area contributed by atoms with E-state index in [1.165, 1.54) is 0 Å². The Hall–Kier alpha value is -1.58. The number of carbonyl (C=O) groups is 1. The Morgan fingerprint density at radius 1 is 1.41 bits per heavy atom. The van der Waals surface area contributed by atoms with Gasteiger partial charge < -0.3 is 9.47 Å². The van der Waals surface area contributed by atoms with Crippen molar-refractivity contribution in [2.24, 2.45) is 5.92 Å². The van der Waals surface area contributed by atoms with Gasteiger partial charge in [0, 0.05) is 37.8 Å². The van der Waals surface area contributed by atoms with E-state index >= 15 is 0 Å². The van der Waals surface area contributed by atoms with E-state index in [4.69, 9.17) is 0 Å². The van der Waals surface area contributed by atoms with Crippen molar-refractivity contribution in [2.75, 3.05) is 13.1 Å². The molecule has 4 heteroatoms. The summed E-state index contributed by atoms with van der Waals surface area (Å²) in [4.78, 5) is 19.1. The molecule has 4 nitrogen and oxygen atoms in total. The van der Waals surface area contributed by atoms with Crippen molar-refractivity contribution in [3.8, 4) is 0 Å². The van der Waals surface area contributed by atoms with Gasteiger partial charge in [0.25, 0.3) is 0 Å². The second-order valence-electron chi connectivity index (χ2n) is 6.95. The molecule has 3 rings (SSSR count). The van der Waals surface area contributed by atoms with Gasteiger partial charge in [-0.05, 0) is 31.6 Å². The van der Waals surface area contributed by atoms with Crippen molar-refractivity contribution in [2.45, 2.75) is 57.9 Å². The lowest BCUT2D eigenvalue weighted by Gasteiger charge is -2.35. The Kier molecular flexibility index (Phi) is 4.65. The van der Waals surface area contributed by atoms with Gasteiger partial charge in [0.1, 0.15) is 5.82 Å². The van der Waals surface area contributed by atoms with Crippen LogP contribution in [0.3, 0.4) is 0 Å². The van der Waals surface area contributed by atoms with Crippen LogP contribution in [0.15, 0.2) is 24.5 Å². The summed E-state index contributed by atoms with van der Waals surface area (Å²) in [6.07, 6.45) is 13.6. The highest BCUT2D eigenvalue weighted by Crippen LogP contribution is 2.27. The van der Waals surface area contributed by atoms with Gasteiger partial charge in [0.15, 0.2) is 0 Å². The monoisotopic (exact) mass is 301 g/mol. The van der Waals surface area contributed by atoms with Gasteiger partial charge in [-0.3, -0.25) is 4.79 Å². The normalized spacial score (nSPS) is 25.1. The standard InChI is InChI=1S/C18H27N3O/c1-14(2)18-19-9-11-21(18)16-8-5-10-20(13-16)17(22)12-15-6-3-4-7-15/h3,6,9,11,14-16H,4-5,7-8,10,12-13H2,1-2H3/t15-,16-/m1/s1. The first kappa shape index (κ1) is 15.3. The molecule has 0 unspecified atom stereocenters. The number of rotatable bonds is 4. The van der Waals surface area contributed by atoms with Gasteiger partial charge in [0.2, 0.25) is 5.91 Å². The molecule has 1 aliphatic carbocycles. The van der Waals surface area contributed by atoms with Crippen LogP contribution in [0, 0.1) is 5.92 Å². The summed E-state index contributed by atoms with van der Waals surface area (Å²) in [5, 5.41) is 0. The van der Waals surface area contributed by atoms with E-state index in [1.54, 1.807) is 0 Å². The fourth-order valence-corrected chi connectivity index (χ4v) is 3.71. The lowest BCUT2D eigenvalue weighted by molar-refractivity contribution is -0.133. The molecule has 0 saturated carbocycles. The van der Waals surface area contributed by atoms with Crippen molar-refractivity contribution in [1.29, 1.82) is 0 Å². The third-order valence-corrected chi connectivity index (χ3v) is 4.91. The number of allylic oxidation sites excluding steroid dienone is 2. The van der Waals surface area contributed by atoms with Crippen molar-refractivity contribution < 1.29 is 4.79 Å². The molecule has 2 aliphatic rings. The molecule has 120 valence electrons. The van der Waals surface area contributed by atoms with E-state index in [1.807, 2.05) is 6.20 Å². The maximum atomic E-state index is 12.6. The Morgan fingerprint density at radius 2 is 2.27 bits per heavy atom. The summed E-state index contributed by atoms with van der Waals surface area (Å²) in [5.74, 6) is 2.35. The van der Waals surface area contributed by atoms with E-state index in [9.17, 15) is 4.79 Å². The fraction of sp³-hybridized carbons (Fsp3) is 0.667. The molecule has 1 saturated heterocycles. The van der Waals surface area contributed by atoms with E-state index in [2.05, 4.69) is 46.6 Å². The van der Waals surface area contributed by atoms with Crippen LogP contribution < -0.4 is 0 Å². The highest BCUT2D eigenvalue weighted by atomic mass is 16.2. The van der Waals surface area contributed by atoms with Gasteiger partial charge in [0.05, 0.1) is 6.04 Å². The predicted molar refractivity (Wildman–Crippen MR) is 87.6 cm³/mol. The molecule has 2 atom stereocenters. The maximum Gasteiger partial charge on any atom is 0.223 e. The second kappa shape index (κ2) is 6.67. The molecular weight excluding hydrogens is 274 g/mol. The highest BCUT2D eigenvalue weighted by molar-refractivity contribution is 5.76. The molecule has 22 heavy (non-hydrogen) atoms. The van der Waals surface area contributed by atoms with Crippen LogP contribution in [-0.2, 0) is 4.79 Å². The van der Waals surface area contributed by atoms with Crippen LogP contribution in [0.1, 0.15) is 63.7 Å². The smallest absolute Gasteiger partial charge is 0.223 e. The molecule has 1 aromatic heterocycles. The minimum Gasteiger partial charge on any atom is -0.341 e. The summed E-state index contributed by atoms with van der Waals surface area (Å²) in [6.45, 7) is 6.11. The number of carbonyl (C=O) groups excluding carboxylic acids is 1. The lowest BCUT2D eigenvalue weighted by atomic mass is 10.0. The minimum atomic E-state index is 0.326. The van der Waals surface area contributed by atoms with E-state index in [-0.39, 0.29) is 0 Å². The van der Waals surface area contributed by atoms with Crippen LogP contribution in [0.5, 0.6) is 0 Å². The number of hydrogen-bond donors (Lipinski definition) is 0. The average molecular weight is 301 g/mol. The number of likely N-dealkylation sites (tertiary alicyclic amines) is 1. The number of imidazole rings is 1. The molecule has 2 heterocycles. The SMILES string of the molecule is CC(C)c1nccn1[C@@H]1CCCN(C(=O)C[C@@H]2C=CCC2)C1. The van der Waals surface area contributed by atoms with Gasteiger partial charge in [-0.2, -0.15) is 0 Å². The van der Waals surface area contributed by atoms with E-state index in [0.717, 1.165) is 44.6 Å². The Labute approximate surface area is 133 Å². The number of amides is 1. The van der Waals surface area contributed by atoms with Crippen LogP contribution >= 0.6 is 0 Å². The van der Waals surface area contributed by atoms with Gasteiger partial charge in [-0.25, -0.2) is 4.98 Å². The second-order valence-corrected chi connectivity index (χ2v) is 6.95. The molecule has 1 amide bonds. The molecule has 1 aliphatic heterocycles. The van der Waals surface area contributed by atoms with E-state index in [0.29, 0.717) is 30.2 Å². The zero-order valence-electron chi connectivity index (χ0n) is 13.7. The summed E-state index contributed by atoms with van der Waals surface area (Å²) in [7, 11) is 0. The number of aromatic nitrogens is 2. The molecule has 0 N–H and O–H groups in total. The van der Waals surface area contributed by atoms with Crippen molar-refractivity contribution in [3.05, 3.63) is 30.4 Å². The zero-order chi connectivity index (χ0) is 15.5. The van der Waals surface area contributed by atoms with E-state index < -0.39 is 0 Å².